The Bertz CT molecular complexity index is 158. The molecule has 2 nitrogen and oxygen atoms in total. The molecule has 0 aliphatic carbocycles. The molecule has 78 valence electrons. The van der Waals surface area contributed by atoms with E-state index in [1.54, 1.807) is 5.32 Å². The van der Waals surface area contributed by atoms with E-state index in [2.05, 4.69) is 4.90 Å². The number of nitrogens with one attached hydrogen (secondary N) is 1. The highest BCUT2D eigenvalue weighted by Crippen LogP contribution is 2.16. The average Bonchev–Trinajstić information content (AvgIpc) is 2.00. The van der Waals surface area contributed by atoms with Gasteiger partial charge in [-0.25, -0.2) is 5.32 Å². The molecule has 13 heavy (non-hydrogen) atoms. The fourth-order valence-corrected chi connectivity index (χ4v) is 1.70. The predicted molar refractivity (Wildman–Crippen MR) is 44.3 cm³/mol. The van der Waals surface area contributed by atoms with E-state index < -0.39 is 6.30 Å². The van der Waals surface area contributed by atoms with Crippen molar-refractivity contribution in [2.24, 2.45) is 5.92 Å². The van der Waals surface area contributed by atoms with E-state index in [4.69, 9.17) is 0 Å². The molecule has 1 aliphatic heterocycles. The lowest BCUT2D eigenvalue weighted by Gasteiger charge is -2.29. The van der Waals surface area contributed by atoms with Crippen LogP contribution in [0.5, 0.6) is 0 Å². The maximum Gasteiger partial charge on any atom is 0.457 e. The third-order valence-electron chi connectivity index (χ3n) is 2.31. The van der Waals surface area contributed by atoms with Crippen LogP contribution in [0.3, 0.4) is 0 Å². The Hall–Kier alpha value is -0.290. The second-order valence-electron chi connectivity index (χ2n) is 3.65. The van der Waals surface area contributed by atoms with Crippen molar-refractivity contribution in [2.75, 3.05) is 26.7 Å². The first-order valence-electron chi connectivity index (χ1n) is 4.47. The summed E-state index contributed by atoms with van der Waals surface area (Å²) in [4.78, 5) is 2.08. The van der Waals surface area contributed by atoms with Crippen LogP contribution in [0.1, 0.15) is 12.8 Å². The van der Waals surface area contributed by atoms with Crippen LogP contribution in [0.15, 0.2) is 0 Å². The third kappa shape index (κ3) is 4.47. The van der Waals surface area contributed by atoms with Crippen LogP contribution in [0.4, 0.5) is 13.2 Å². The Labute approximate surface area is 76.1 Å². The SMILES string of the molecule is CN1CCCC(CNC(F)(F)F)C1. The minimum Gasteiger partial charge on any atom is -0.306 e. The Morgan fingerprint density at radius 2 is 2.15 bits per heavy atom. The van der Waals surface area contributed by atoms with E-state index in [-0.39, 0.29) is 12.5 Å². The minimum absolute atomic E-state index is 0.0494. The van der Waals surface area contributed by atoms with Gasteiger partial charge in [0.2, 0.25) is 0 Å². The first-order chi connectivity index (χ1) is 5.97. The van der Waals surface area contributed by atoms with Crippen molar-refractivity contribution in [1.29, 1.82) is 0 Å². The van der Waals surface area contributed by atoms with Gasteiger partial charge in [0.25, 0.3) is 0 Å². The maximum absolute atomic E-state index is 11.8. The molecule has 1 aliphatic rings. The monoisotopic (exact) mass is 196 g/mol. The summed E-state index contributed by atoms with van der Waals surface area (Å²) in [6, 6.07) is 0. The summed E-state index contributed by atoms with van der Waals surface area (Å²) in [5.74, 6) is 0.139. The lowest BCUT2D eigenvalue weighted by molar-refractivity contribution is -0.159. The Morgan fingerprint density at radius 3 is 2.69 bits per heavy atom. The number of hydrogen-bond acceptors (Lipinski definition) is 2. The highest BCUT2D eigenvalue weighted by molar-refractivity contribution is 4.72. The number of alkyl halides is 3. The highest BCUT2D eigenvalue weighted by atomic mass is 19.4. The van der Waals surface area contributed by atoms with Crippen LogP contribution >= 0.6 is 0 Å². The van der Waals surface area contributed by atoms with Crippen LogP contribution in [0, 0.1) is 5.92 Å². The van der Waals surface area contributed by atoms with Crippen molar-refractivity contribution in [2.45, 2.75) is 19.1 Å². The molecule has 1 N–H and O–H groups in total. The van der Waals surface area contributed by atoms with Gasteiger partial charge in [0.1, 0.15) is 0 Å². The van der Waals surface area contributed by atoms with Crippen molar-refractivity contribution >= 4 is 0 Å². The second kappa shape index (κ2) is 4.28. The van der Waals surface area contributed by atoms with Crippen molar-refractivity contribution < 1.29 is 13.2 Å². The molecule has 0 amide bonds. The summed E-state index contributed by atoms with van der Waals surface area (Å²) >= 11 is 0. The summed E-state index contributed by atoms with van der Waals surface area (Å²) in [7, 11) is 1.94. The van der Waals surface area contributed by atoms with Gasteiger partial charge >= 0.3 is 6.30 Å². The van der Waals surface area contributed by atoms with Crippen LogP contribution in [-0.2, 0) is 0 Å². The van der Waals surface area contributed by atoms with Crippen LogP contribution in [0.25, 0.3) is 0 Å². The average molecular weight is 196 g/mol. The molecule has 0 radical (unpaired) electrons. The summed E-state index contributed by atoms with van der Waals surface area (Å²) in [6.07, 6.45) is -2.33. The molecule has 1 atom stereocenters. The smallest absolute Gasteiger partial charge is 0.306 e. The first-order valence-corrected chi connectivity index (χ1v) is 4.47. The molecule has 1 saturated heterocycles. The van der Waals surface area contributed by atoms with Crippen LogP contribution < -0.4 is 5.32 Å². The molecule has 1 heterocycles. The van der Waals surface area contributed by atoms with Crippen molar-refractivity contribution in [3.63, 3.8) is 0 Å². The number of piperidine rings is 1. The van der Waals surface area contributed by atoms with Gasteiger partial charge in [-0.3, -0.25) is 0 Å². The fraction of sp³-hybridized carbons (Fsp3) is 1.00. The summed E-state index contributed by atoms with van der Waals surface area (Å²) in [5.41, 5.74) is 0. The zero-order valence-electron chi connectivity index (χ0n) is 7.69. The molecule has 1 rings (SSSR count). The van der Waals surface area contributed by atoms with E-state index in [1.165, 1.54) is 0 Å². The molecule has 0 bridgehead atoms. The van der Waals surface area contributed by atoms with Crippen LogP contribution in [0.2, 0.25) is 0 Å². The number of rotatable bonds is 2. The predicted octanol–water partition coefficient (Wildman–Crippen LogP) is 1.44. The number of nitrogens with zero attached hydrogens (tertiary/aromatic N) is 1. The van der Waals surface area contributed by atoms with E-state index in [1.807, 2.05) is 7.05 Å². The number of hydrogen-bond donors (Lipinski definition) is 1. The Morgan fingerprint density at radius 1 is 1.46 bits per heavy atom. The molecule has 0 aromatic heterocycles. The maximum atomic E-state index is 11.8. The molecular formula is C8H15F3N2. The van der Waals surface area contributed by atoms with Gasteiger partial charge < -0.3 is 4.90 Å². The fourth-order valence-electron chi connectivity index (χ4n) is 1.70. The van der Waals surface area contributed by atoms with Gasteiger partial charge in [0, 0.05) is 13.1 Å². The second-order valence-corrected chi connectivity index (χ2v) is 3.65. The normalized spacial score (nSPS) is 26.3. The summed E-state index contributed by atoms with van der Waals surface area (Å²) in [6.45, 7) is 1.82. The van der Waals surface area contributed by atoms with E-state index >= 15 is 0 Å². The van der Waals surface area contributed by atoms with Crippen molar-refractivity contribution in [1.82, 2.24) is 10.2 Å². The van der Waals surface area contributed by atoms with Crippen molar-refractivity contribution in [3.8, 4) is 0 Å². The summed E-state index contributed by atoms with van der Waals surface area (Å²) < 4.78 is 35.3. The molecular weight excluding hydrogens is 181 g/mol. The molecule has 1 fully saturated rings. The standard InChI is InChI=1S/C8H15F3N2/c1-13-4-2-3-7(6-13)5-12-8(9,10)11/h7,12H,2-6H2,1H3. The highest BCUT2D eigenvalue weighted by Gasteiger charge is 2.28. The molecule has 0 spiro atoms. The minimum atomic E-state index is -4.23. The van der Waals surface area contributed by atoms with E-state index in [0.29, 0.717) is 0 Å². The van der Waals surface area contributed by atoms with Gasteiger partial charge in [0.15, 0.2) is 0 Å². The van der Waals surface area contributed by atoms with Gasteiger partial charge in [0.05, 0.1) is 0 Å². The lowest BCUT2D eigenvalue weighted by Crippen LogP contribution is -2.41. The lowest BCUT2D eigenvalue weighted by atomic mass is 9.99. The van der Waals surface area contributed by atoms with E-state index in [9.17, 15) is 13.2 Å². The largest absolute Gasteiger partial charge is 0.457 e. The molecule has 0 aromatic rings. The van der Waals surface area contributed by atoms with Crippen molar-refractivity contribution in [3.05, 3.63) is 0 Å². The topological polar surface area (TPSA) is 15.3 Å². The number of halogens is 3. The molecule has 0 aromatic carbocycles. The van der Waals surface area contributed by atoms with Gasteiger partial charge in [-0.05, 0) is 32.4 Å². The first kappa shape index (κ1) is 10.8. The van der Waals surface area contributed by atoms with Gasteiger partial charge in [-0.15, -0.1) is 0 Å². The Kier molecular flexibility index (Phi) is 3.55. The third-order valence-corrected chi connectivity index (χ3v) is 2.31. The zero-order chi connectivity index (χ0) is 9.90. The zero-order valence-corrected chi connectivity index (χ0v) is 7.69. The quantitative estimate of drug-likeness (QED) is 0.672. The number of likely N-dealkylation sites (tertiary alicyclic amines) is 1. The molecule has 1 unspecified atom stereocenters. The van der Waals surface area contributed by atoms with E-state index in [0.717, 1.165) is 25.9 Å². The summed E-state index contributed by atoms with van der Waals surface area (Å²) in [5, 5.41) is 1.59. The van der Waals surface area contributed by atoms with Gasteiger partial charge in [-0.1, -0.05) is 0 Å². The van der Waals surface area contributed by atoms with Crippen LogP contribution in [-0.4, -0.2) is 37.9 Å². The molecule has 0 saturated carbocycles. The van der Waals surface area contributed by atoms with Gasteiger partial charge in [-0.2, -0.15) is 13.2 Å². The Balaban J connectivity index is 2.21. The molecule has 5 heteroatoms.